The van der Waals surface area contributed by atoms with Gasteiger partial charge in [0.2, 0.25) is 0 Å². The smallest absolute Gasteiger partial charge is 0.262 e. The van der Waals surface area contributed by atoms with Crippen molar-refractivity contribution in [2.45, 2.75) is 6.92 Å². The van der Waals surface area contributed by atoms with E-state index < -0.39 is 0 Å². The van der Waals surface area contributed by atoms with Crippen molar-refractivity contribution >= 4 is 29.0 Å². The van der Waals surface area contributed by atoms with E-state index in [0.29, 0.717) is 28.4 Å². The molecular weight excluding hydrogens is 324 g/mol. The lowest BCUT2D eigenvalue weighted by molar-refractivity contribution is -0.119. The van der Waals surface area contributed by atoms with Crippen molar-refractivity contribution in [2.24, 2.45) is 0 Å². The number of anilines is 2. The molecule has 0 spiro atoms. The number of carbonyl (C=O) groups is 3. The predicted molar refractivity (Wildman–Crippen MR) is 91.1 cm³/mol. The second kappa shape index (κ2) is 7.04. The van der Waals surface area contributed by atoms with Gasteiger partial charge >= 0.3 is 0 Å². The van der Waals surface area contributed by atoms with E-state index in [0.717, 1.165) is 0 Å². The van der Waals surface area contributed by atoms with Gasteiger partial charge in [0, 0.05) is 17.3 Å². The van der Waals surface area contributed by atoms with E-state index in [1.807, 2.05) is 0 Å². The monoisotopic (exact) mass is 340 g/mol. The van der Waals surface area contributed by atoms with Gasteiger partial charge < -0.3 is 20.1 Å². The van der Waals surface area contributed by atoms with Crippen LogP contribution in [0, 0.1) is 0 Å². The fourth-order valence-electron chi connectivity index (χ4n) is 2.31. The van der Waals surface area contributed by atoms with Gasteiger partial charge in [-0.3, -0.25) is 14.4 Å². The summed E-state index contributed by atoms with van der Waals surface area (Å²) in [6, 6.07) is 11.6. The van der Waals surface area contributed by atoms with Crippen LogP contribution >= 0.6 is 0 Å². The third-order valence-corrected chi connectivity index (χ3v) is 3.51. The van der Waals surface area contributed by atoms with E-state index in [4.69, 9.17) is 9.47 Å². The second-order valence-electron chi connectivity index (χ2n) is 5.47. The number of nitrogens with one attached hydrogen (secondary N) is 2. The SMILES string of the molecule is CC(=O)c1cccc(NC(=O)COc2ccc3c(c2)NC(=O)CO3)c1. The number of amides is 2. The van der Waals surface area contributed by atoms with E-state index in [-0.39, 0.29) is 30.8 Å². The summed E-state index contributed by atoms with van der Waals surface area (Å²) in [5, 5.41) is 5.33. The number of fused-ring (bicyclic) bond motifs is 1. The summed E-state index contributed by atoms with van der Waals surface area (Å²) in [5.41, 5.74) is 1.54. The number of ketones is 1. The molecule has 0 bridgehead atoms. The lowest BCUT2D eigenvalue weighted by Gasteiger charge is -2.18. The van der Waals surface area contributed by atoms with Crippen molar-refractivity contribution in [3.05, 3.63) is 48.0 Å². The number of hydrogen-bond donors (Lipinski definition) is 2. The Morgan fingerprint density at radius 1 is 1.24 bits per heavy atom. The minimum atomic E-state index is -0.362. The minimum absolute atomic E-state index is 0.0189. The Labute approximate surface area is 143 Å². The highest BCUT2D eigenvalue weighted by Gasteiger charge is 2.16. The molecule has 7 heteroatoms. The highest BCUT2D eigenvalue weighted by atomic mass is 16.5. The molecule has 2 aromatic rings. The third-order valence-electron chi connectivity index (χ3n) is 3.51. The summed E-state index contributed by atoms with van der Waals surface area (Å²) in [5.74, 6) is 0.298. The topological polar surface area (TPSA) is 93.7 Å². The molecule has 2 amide bonds. The quantitative estimate of drug-likeness (QED) is 0.814. The first-order valence-electron chi connectivity index (χ1n) is 7.61. The fraction of sp³-hybridized carbons (Fsp3) is 0.167. The molecule has 1 aliphatic rings. The molecule has 7 nitrogen and oxygen atoms in total. The number of benzene rings is 2. The summed E-state index contributed by atoms with van der Waals surface area (Å²) in [7, 11) is 0. The molecule has 1 heterocycles. The Morgan fingerprint density at radius 3 is 2.88 bits per heavy atom. The first kappa shape index (κ1) is 16.5. The van der Waals surface area contributed by atoms with Crippen LogP contribution in [0.1, 0.15) is 17.3 Å². The van der Waals surface area contributed by atoms with Gasteiger partial charge in [0.15, 0.2) is 19.0 Å². The van der Waals surface area contributed by atoms with Gasteiger partial charge in [-0.15, -0.1) is 0 Å². The summed E-state index contributed by atoms with van der Waals surface area (Å²) in [4.78, 5) is 34.7. The average molecular weight is 340 g/mol. The summed E-state index contributed by atoms with van der Waals surface area (Å²) >= 11 is 0. The lowest BCUT2D eigenvalue weighted by atomic mass is 10.1. The zero-order valence-electron chi connectivity index (χ0n) is 13.5. The Kier molecular flexibility index (Phi) is 4.65. The molecule has 0 unspecified atom stereocenters. The Morgan fingerprint density at radius 2 is 2.08 bits per heavy atom. The molecule has 0 saturated heterocycles. The Hall–Kier alpha value is -3.35. The van der Waals surface area contributed by atoms with Crippen LogP contribution in [0.3, 0.4) is 0 Å². The molecular formula is C18H16N2O5. The van der Waals surface area contributed by atoms with E-state index in [2.05, 4.69) is 10.6 Å². The molecule has 0 atom stereocenters. The standard InChI is InChI=1S/C18H16N2O5/c1-11(21)12-3-2-4-13(7-12)19-17(22)9-24-14-5-6-16-15(8-14)20-18(23)10-25-16/h2-8H,9-10H2,1H3,(H,19,22)(H,20,23). The molecule has 0 saturated carbocycles. The molecule has 0 aliphatic carbocycles. The van der Waals surface area contributed by atoms with Crippen LogP contribution in [0.2, 0.25) is 0 Å². The summed E-state index contributed by atoms with van der Waals surface area (Å²) in [6.07, 6.45) is 0. The van der Waals surface area contributed by atoms with Gasteiger partial charge in [-0.25, -0.2) is 0 Å². The number of Topliss-reactive ketones (excluding diaryl/α,β-unsaturated/α-hetero) is 1. The molecule has 0 radical (unpaired) electrons. The molecule has 0 aromatic heterocycles. The van der Waals surface area contributed by atoms with Gasteiger partial charge in [0.05, 0.1) is 5.69 Å². The summed E-state index contributed by atoms with van der Waals surface area (Å²) < 4.78 is 10.7. The maximum absolute atomic E-state index is 12.0. The van der Waals surface area contributed by atoms with Crippen molar-refractivity contribution in [3.63, 3.8) is 0 Å². The van der Waals surface area contributed by atoms with Gasteiger partial charge in [0.25, 0.3) is 11.8 Å². The van der Waals surface area contributed by atoms with E-state index >= 15 is 0 Å². The van der Waals surface area contributed by atoms with Crippen molar-refractivity contribution < 1.29 is 23.9 Å². The van der Waals surface area contributed by atoms with Gasteiger partial charge in [-0.1, -0.05) is 12.1 Å². The molecule has 1 aliphatic heterocycles. The second-order valence-corrected chi connectivity index (χ2v) is 5.47. The van der Waals surface area contributed by atoms with Crippen LogP contribution in [-0.2, 0) is 9.59 Å². The largest absolute Gasteiger partial charge is 0.484 e. The van der Waals surface area contributed by atoms with Crippen LogP contribution in [0.15, 0.2) is 42.5 Å². The third kappa shape index (κ3) is 4.14. The molecule has 128 valence electrons. The van der Waals surface area contributed by atoms with Crippen LogP contribution in [-0.4, -0.2) is 30.8 Å². The van der Waals surface area contributed by atoms with Crippen LogP contribution in [0.25, 0.3) is 0 Å². The van der Waals surface area contributed by atoms with Crippen molar-refractivity contribution in [2.75, 3.05) is 23.8 Å². The van der Waals surface area contributed by atoms with E-state index in [1.54, 1.807) is 42.5 Å². The minimum Gasteiger partial charge on any atom is -0.484 e. The highest BCUT2D eigenvalue weighted by molar-refractivity contribution is 5.97. The first-order valence-corrected chi connectivity index (χ1v) is 7.61. The summed E-state index contributed by atoms with van der Waals surface area (Å²) in [6.45, 7) is 1.23. The van der Waals surface area contributed by atoms with Gasteiger partial charge in [-0.2, -0.15) is 0 Å². The number of hydrogen-bond acceptors (Lipinski definition) is 5. The van der Waals surface area contributed by atoms with Crippen LogP contribution in [0.4, 0.5) is 11.4 Å². The van der Waals surface area contributed by atoms with E-state index in [1.165, 1.54) is 6.92 Å². The highest BCUT2D eigenvalue weighted by Crippen LogP contribution is 2.31. The number of carbonyl (C=O) groups excluding carboxylic acids is 3. The maximum Gasteiger partial charge on any atom is 0.262 e. The number of rotatable bonds is 5. The molecule has 3 rings (SSSR count). The van der Waals surface area contributed by atoms with E-state index in [9.17, 15) is 14.4 Å². The molecule has 2 aromatic carbocycles. The molecule has 0 fully saturated rings. The van der Waals surface area contributed by atoms with Crippen molar-refractivity contribution in [1.29, 1.82) is 0 Å². The zero-order chi connectivity index (χ0) is 17.8. The maximum atomic E-state index is 12.0. The van der Waals surface area contributed by atoms with Crippen LogP contribution < -0.4 is 20.1 Å². The Bertz CT molecular complexity index is 847. The predicted octanol–water partition coefficient (Wildman–Crippen LogP) is 2.24. The normalized spacial score (nSPS) is 12.4. The lowest BCUT2D eigenvalue weighted by Crippen LogP contribution is -2.25. The molecule has 2 N–H and O–H groups in total. The van der Waals surface area contributed by atoms with Gasteiger partial charge in [0.1, 0.15) is 11.5 Å². The van der Waals surface area contributed by atoms with Gasteiger partial charge in [-0.05, 0) is 31.2 Å². The Balaban J connectivity index is 1.59. The first-order chi connectivity index (χ1) is 12.0. The van der Waals surface area contributed by atoms with Crippen molar-refractivity contribution in [3.8, 4) is 11.5 Å². The zero-order valence-corrected chi connectivity index (χ0v) is 13.5. The average Bonchev–Trinajstić information content (AvgIpc) is 2.59. The number of ether oxygens (including phenoxy) is 2. The molecule has 25 heavy (non-hydrogen) atoms. The van der Waals surface area contributed by atoms with Crippen LogP contribution in [0.5, 0.6) is 11.5 Å². The fourth-order valence-corrected chi connectivity index (χ4v) is 2.31. The van der Waals surface area contributed by atoms with Crippen molar-refractivity contribution in [1.82, 2.24) is 0 Å².